The molecule has 0 aliphatic carbocycles. The number of aliphatic hydroxyl groups is 1. The smallest absolute Gasteiger partial charge is 0.258 e. The molecule has 2 amide bonds. The van der Waals surface area contributed by atoms with E-state index >= 15 is 0 Å². The molecule has 1 aromatic heterocycles. The molecular weight excluding hydrogens is 480 g/mol. The standard InChI is InChI=1S/C30H36N4O4/c1-21-17-34(22(2)20-35)30(37)26-16-25(32-29(36)15-23-7-5-4-6-8-23)9-10-27(26)38-28(21)19-33(3)18-24-11-13-31-14-12-24/h4-14,16,21-22,28,35H,15,17-20H2,1-3H3,(H,32,36)/t21-,22+,28-/m1/s1. The van der Waals surface area contributed by atoms with Crippen LogP contribution >= 0.6 is 0 Å². The van der Waals surface area contributed by atoms with Crippen LogP contribution in [0, 0.1) is 5.92 Å². The second kappa shape index (κ2) is 12.7. The summed E-state index contributed by atoms with van der Waals surface area (Å²) >= 11 is 0. The largest absolute Gasteiger partial charge is 0.488 e. The fourth-order valence-electron chi connectivity index (χ4n) is 4.68. The molecule has 8 nitrogen and oxygen atoms in total. The Hall–Kier alpha value is -3.75. The molecule has 0 radical (unpaired) electrons. The van der Waals surface area contributed by atoms with Crippen LogP contribution in [0.2, 0.25) is 0 Å². The highest BCUT2D eigenvalue weighted by atomic mass is 16.5. The number of carbonyl (C=O) groups excluding carboxylic acids is 2. The topological polar surface area (TPSA) is 95.0 Å². The molecule has 8 heteroatoms. The maximum absolute atomic E-state index is 13.6. The second-order valence-electron chi connectivity index (χ2n) is 10.1. The predicted octanol–water partition coefficient (Wildman–Crippen LogP) is 3.61. The Bertz CT molecular complexity index is 1220. The van der Waals surface area contributed by atoms with Crippen molar-refractivity contribution in [1.29, 1.82) is 0 Å². The van der Waals surface area contributed by atoms with Gasteiger partial charge in [-0.25, -0.2) is 0 Å². The zero-order valence-corrected chi connectivity index (χ0v) is 22.2. The van der Waals surface area contributed by atoms with E-state index in [2.05, 4.69) is 22.1 Å². The lowest BCUT2D eigenvalue weighted by Crippen LogP contribution is -2.49. The van der Waals surface area contributed by atoms with Crippen molar-refractivity contribution >= 4 is 17.5 Å². The van der Waals surface area contributed by atoms with Gasteiger partial charge in [-0.2, -0.15) is 0 Å². The van der Waals surface area contributed by atoms with Gasteiger partial charge in [-0.05, 0) is 55.4 Å². The van der Waals surface area contributed by atoms with E-state index in [4.69, 9.17) is 4.74 Å². The highest BCUT2D eigenvalue weighted by Gasteiger charge is 2.33. The fourth-order valence-corrected chi connectivity index (χ4v) is 4.68. The van der Waals surface area contributed by atoms with Crippen LogP contribution in [-0.2, 0) is 17.8 Å². The summed E-state index contributed by atoms with van der Waals surface area (Å²) in [6, 6.07) is 18.3. The van der Waals surface area contributed by atoms with Crippen molar-refractivity contribution in [2.75, 3.05) is 32.1 Å². The van der Waals surface area contributed by atoms with Gasteiger partial charge in [0.25, 0.3) is 5.91 Å². The van der Waals surface area contributed by atoms with E-state index in [0.29, 0.717) is 30.1 Å². The van der Waals surface area contributed by atoms with Crippen LogP contribution in [0.15, 0.2) is 73.1 Å². The number of benzene rings is 2. The first-order valence-electron chi connectivity index (χ1n) is 13.0. The molecular formula is C30H36N4O4. The number of ether oxygens (including phenoxy) is 1. The highest BCUT2D eigenvalue weighted by molar-refractivity contribution is 6.00. The van der Waals surface area contributed by atoms with Gasteiger partial charge >= 0.3 is 0 Å². The number of pyridine rings is 1. The minimum Gasteiger partial charge on any atom is -0.488 e. The first-order valence-corrected chi connectivity index (χ1v) is 13.0. The van der Waals surface area contributed by atoms with Crippen LogP contribution in [0.5, 0.6) is 5.75 Å². The van der Waals surface area contributed by atoms with Crippen LogP contribution in [0.4, 0.5) is 5.69 Å². The summed E-state index contributed by atoms with van der Waals surface area (Å²) in [6.45, 7) is 5.59. The molecule has 4 rings (SSSR count). The quantitative estimate of drug-likeness (QED) is 0.451. The fraction of sp³-hybridized carbons (Fsp3) is 0.367. The number of aromatic nitrogens is 1. The van der Waals surface area contributed by atoms with Gasteiger partial charge in [0.15, 0.2) is 0 Å². The summed E-state index contributed by atoms with van der Waals surface area (Å²) in [5.41, 5.74) is 2.96. The predicted molar refractivity (Wildman–Crippen MR) is 147 cm³/mol. The molecule has 200 valence electrons. The average Bonchev–Trinajstić information content (AvgIpc) is 2.91. The molecule has 1 aliphatic heterocycles. The maximum atomic E-state index is 13.6. The minimum atomic E-state index is -0.359. The molecule has 0 fully saturated rings. The number of anilines is 1. The summed E-state index contributed by atoms with van der Waals surface area (Å²) in [4.78, 5) is 34.3. The van der Waals surface area contributed by atoms with E-state index < -0.39 is 0 Å². The SMILES string of the molecule is C[C@@H]1CN([C@@H](C)CO)C(=O)c2cc(NC(=O)Cc3ccccc3)ccc2O[C@@H]1CN(C)Cc1ccncc1. The van der Waals surface area contributed by atoms with Crippen molar-refractivity contribution in [3.8, 4) is 5.75 Å². The lowest BCUT2D eigenvalue weighted by atomic mass is 9.99. The van der Waals surface area contributed by atoms with Gasteiger partial charge in [0.1, 0.15) is 11.9 Å². The Morgan fingerprint density at radius 3 is 2.61 bits per heavy atom. The Balaban J connectivity index is 1.56. The number of aliphatic hydroxyl groups excluding tert-OH is 1. The van der Waals surface area contributed by atoms with Crippen LogP contribution in [0.25, 0.3) is 0 Å². The number of hydrogen-bond donors (Lipinski definition) is 2. The van der Waals surface area contributed by atoms with Crippen LogP contribution in [-0.4, -0.2) is 70.6 Å². The molecule has 2 aromatic carbocycles. The Labute approximate surface area is 224 Å². The van der Waals surface area contributed by atoms with Gasteiger partial charge in [-0.15, -0.1) is 0 Å². The van der Waals surface area contributed by atoms with Crippen LogP contribution < -0.4 is 10.1 Å². The van der Waals surface area contributed by atoms with Crippen molar-refractivity contribution in [1.82, 2.24) is 14.8 Å². The molecule has 38 heavy (non-hydrogen) atoms. The monoisotopic (exact) mass is 516 g/mol. The number of rotatable bonds is 9. The van der Waals surface area contributed by atoms with Crippen molar-refractivity contribution < 1.29 is 19.4 Å². The molecule has 0 saturated heterocycles. The van der Waals surface area contributed by atoms with E-state index in [1.54, 1.807) is 35.5 Å². The Morgan fingerprint density at radius 1 is 1.16 bits per heavy atom. The summed E-state index contributed by atoms with van der Waals surface area (Å²) in [7, 11) is 2.04. The lowest BCUT2D eigenvalue weighted by molar-refractivity contribution is -0.115. The number of nitrogens with zero attached hydrogens (tertiary/aromatic N) is 3. The number of carbonyl (C=O) groups is 2. The van der Waals surface area contributed by atoms with Gasteiger partial charge in [0.2, 0.25) is 5.91 Å². The third-order valence-corrected chi connectivity index (χ3v) is 6.85. The van der Waals surface area contributed by atoms with Crippen molar-refractivity contribution in [3.63, 3.8) is 0 Å². The minimum absolute atomic E-state index is 0.0197. The van der Waals surface area contributed by atoms with Crippen LogP contribution in [0.1, 0.15) is 35.3 Å². The van der Waals surface area contributed by atoms with Gasteiger partial charge in [0.05, 0.1) is 24.6 Å². The van der Waals surface area contributed by atoms with Gasteiger partial charge < -0.3 is 20.1 Å². The van der Waals surface area contributed by atoms with Crippen molar-refractivity contribution in [2.24, 2.45) is 5.92 Å². The molecule has 3 aromatic rings. The molecule has 2 heterocycles. The van der Waals surface area contributed by atoms with E-state index in [1.807, 2.05) is 56.4 Å². The van der Waals surface area contributed by atoms with E-state index in [9.17, 15) is 14.7 Å². The number of likely N-dealkylation sites (N-methyl/N-ethyl adjacent to an activating group) is 1. The third-order valence-electron chi connectivity index (χ3n) is 6.85. The third kappa shape index (κ3) is 6.96. The van der Waals surface area contributed by atoms with E-state index in [-0.39, 0.29) is 42.9 Å². The lowest BCUT2D eigenvalue weighted by Gasteiger charge is -2.38. The zero-order chi connectivity index (χ0) is 27.1. The second-order valence-corrected chi connectivity index (χ2v) is 10.1. The summed E-state index contributed by atoms with van der Waals surface area (Å²) < 4.78 is 6.47. The summed E-state index contributed by atoms with van der Waals surface area (Å²) in [5.74, 6) is 0.0997. The number of fused-ring (bicyclic) bond motifs is 1. The number of amides is 2. The number of nitrogens with one attached hydrogen (secondary N) is 1. The molecule has 2 N–H and O–H groups in total. The Kier molecular flexibility index (Phi) is 9.10. The van der Waals surface area contributed by atoms with Crippen molar-refractivity contribution in [3.05, 3.63) is 89.7 Å². The molecule has 0 spiro atoms. The van der Waals surface area contributed by atoms with E-state index in [1.165, 1.54) is 0 Å². The first-order chi connectivity index (χ1) is 18.3. The van der Waals surface area contributed by atoms with Gasteiger partial charge in [0, 0.05) is 43.6 Å². The van der Waals surface area contributed by atoms with Gasteiger partial charge in [-0.3, -0.25) is 19.5 Å². The van der Waals surface area contributed by atoms with Crippen LogP contribution in [0.3, 0.4) is 0 Å². The maximum Gasteiger partial charge on any atom is 0.258 e. The first kappa shape index (κ1) is 27.3. The zero-order valence-electron chi connectivity index (χ0n) is 22.2. The van der Waals surface area contributed by atoms with E-state index in [0.717, 1.165) is 17.7 Å². The summed E-state index contributed by atoms with van der Waals surface area (Å²) in [6.07, 6.45) is 3.61. The van der Waals surface area contributed by atoms with Crippen molar-refractivity contribution in [2.45, 2.75) is 39.0 Å². The normalized spacial score (nSPS) is 18.2. The summed E-state index contributed by atoms with van der Waals surface area (Å²) in [5, 5.41) is 12.8. The van der Waals surface area contributed by atoms with Gasteiger partial charge in [-0.1, -0.05) is 37.3 Å². The molecule has 1 aliphatic rings. The molecule has 3 atom stereocenters. The highest BCUT2D eigenvalue weighted by Crippen LogP contribution is 2.31. The number of hydrogen-bond acceptors (Lipinski definition) is 6. The molecule has 0 unspecified atom stereocenters. The molecule has 0 bridgehead atoms. The average molecular weight is 517 g/mol. The molecule has 0 saturated carbocycles. The Morgan fingerprint density at radius 2 is 1.89 bits per heavy atom.